The normalized spacial score (nSPS) is 9.33. The zero-order valence-corrected chi connectivity index (χ0v) is 7.34. The topological polar surface area (TPSA) is 110 Å². The van der Waals surface area contributed by atoms with Crippen LogP contribution >= 0.6 is 0 Å². The van der Waals surface area contributed by atoms with Gasteiger partial charge in [0, 0.05) is 17.8 Å². The number of rotatable bonds is 2. The van der Waals surface area contributed by atoms with Crippen molar-refractivity contribution in [3.05, 3.63) is 34.4 Å². The zero-order valence-electron chi connectivity index (χ0n) is 7.34. The van der Waals surface area contributed by atoms with Crippen LogP contribution in [0.2, 0.25) is 0 Å². The lowest BCUT2D eigenvalue weighted by Gasteiger charge is -2.00. The first-order chi connectivity index (χ1) is 7.00. The number of nitrogens with one attached hydrogen (secondary N) is 1. The Morgan fingerprint density at radius 1 is 1.27 bits per heavy atom. The minimum Gasteiger partial charge on any atom is -0.474 e. The third-order valence-electron chi connectivity index (χ3n) is 1.53. The maximum atomic E-state index is 10.7. The lowest BCUT2D eigenvalue weighted by Crippen LogP contribution is -2.21. The van der Waals surface area contributed by atoms with E-state index in [0.29, 0.717) is 0 Å². The van der Waals surface area contributed by atoms with E-state index >= 15 is 0 Å². The van der Waals surface area contributed by atoms with Crippen molar-refractivity contribution >= 4 is 23.3 Å². The first-order valence-electron chi connectivity index (χ1n) is 3.79. The zero-order chi connectivity index (χ0) is 11.4. The van der Waals surface area contributed by atoms with Gasteiger partial charge in [0.15, 0.2) is 0 Å². The average molecular weight is 210 g/mol. The van der Waals surface area contributed by atoms with Gasteiger partial charge in [-0.1, -0.05) is 0 Å². The van der Waals surface area contributed by atoms with Crippen molar-refractivity contribution in [1.29, 1.82) is 0 Å². The summed E-state index contributed by atoms with van der Waals surface area (Å²) >= 11 is 0. The van der Waals surface area contributed by atoms with Crippen LogP contribution in [-0.2, 0) is 9.59 Å². The van der Waals surface area contributed by atoms with E-state index in [2.05, 4.69) is 0 Å². The van der Waals surface area contributed by atoms with E-state index in [4.69, 9.17) is 5.11 Å². The Balaban J connectivity index is 2.77. The highest BCUT2D eigenvalue weighted by atomic mass is 16.6. The number of non-ortho nitro benzene ring substituents is 1. The van der Waals surface area contributed by atoms with Gasteiger partial charge in [-0.2, -0.15) is 0 Å². The van der Waals surface area contributed by atoms with Crippen LogP contribution in [0.4, 0.5) is 11.4 Å². The molecule has 1 rings (SSSR count). The number of nitro benzene ring substituents is 1. The van der Waals surface area contributed by atoms with Crippen LogP contribution in [0.3, 0.4) is 0 Å². The molecular formula is C8H6N2O5. The van der Waals surface area contributed by atoms with E-state index in [9.17, 15) is 19.7 Å². The minimum atomic E-state index is -1.62. The Morgan fingerprint density at radius 2 is 1.80 bits per heavy atom. The number of carbonyl (C=O) groups is 2. The van der Waals surface area contributed by atoms with Crippen LogP contribution in [0.25, 0.3) is 0 Å². The number of hydrogen-bond acceptors (Lipinski definition) is 4. The van der Waals surface area contributed by atoms with Crippen LogP contribution in [0.1, 0.15) is 0 Å². The highest BCUT2D eigenvalue weighted by molar-refractivity contribution is 6.36. The molecule has 1 aromatic rings. The Bertz CT molecular complexity index is 412. The first-order valence-corrected chi connectivity index (χ1v) is 3.79. The summed E-state index contributed by atoms with van der Waals surface area (Å²) in [6.07, 6.45) is 0. The average Bonchev–Trinajstić information content (AvgIpc) is 2.18. The SMILES string of the molecule is O=C(O)C(=O)Nc1ccc([N+](=O)[O-])cc1. The molecule has 0 fully saturated rings. The van der Waals surface area contributed by atoms with Crippen LogP contribution in [0, 0.1) is 10.1 Å². The maximum absolute atomic E-state index is 10.7. The van der Waals surface area contributed by atoms with E-state index in [1.807, 2.05) is 5.32 Å². The molecule has 0 saturated carbocycles. The molecule has 0 aliphatic carbocycles. The Hall–Kier alpha value is -2.44. The molecule has 7 heteroatoms. The van der Waals surface area contributed by atoms with Crippen molar-refractivity contribution in [1.82, 2.24) is 0 Å². The molecule has 0 heterocycles. The first kappa shape index (κ1) is 10.6. The predicted octanol–water partition coefficient (Wildman–Crippen LogP) is 0.618. The second-order valence-electron chi connectivity index (χ2n) is 2.56. The van der Waals surface area contributed by atoms with Gasteiger partial charge in [0.25, 0.3) is 5.69 Å². The van der Waals surface area contributed by atoms with Crippen molar-refractivity contribution in [2.45, 2.75) is 0 Å². The molecule has 0 atom stereocenters. The van der Waals surface area contributed by atoms with Gasteiger partial charge in [-0.3, -0.25) is 14.9 Å². The summed E-state index contributed by atoms with van der Waals surface area (Å²) in [6.45, 7) is 0. The van der Waals surface area contributed by atoms with Crippen molar-refractivity contribution in [2.24, 2.45) is 0 Å². The quantitative estimate of drug-likeness (QED) is 0.422. The molecule has 78 valence electrons. The molecule has 0 spiro atoms. The van der Waals surface area contributed by atoms with Crippen molar-refractivity contribution in [2.75, 3.05) is 5.32 Å². The lowest BCUT2D eigenvalue weighted by molar-refractivity contribution is -0.384. The summed E-state index contributed by atoms with van der Waals surface area (Å²) in [5.74, 6) is -2.81. The van der Waals surface area contributed by atoms with Crippen molar-refractivity contribution < 1.29 is 19.6 Å². The van der Waals surface area contributed by atoms with Crippen LogP contribution in [0.15, 0.2) is 24.3 Å². The second-order valence-corrected chi connectivity index (χ2v) is 2.56. The van der Waals surface area contributed by atoms with Gasteiger partial charge in [-0.25, -0.2) is 4.79 Å². The number of carboxylic acids is 1. The number of aliphatic carboxylic acids is 1. The molecule has 0 radical (unpaired) electrons. The summed E-state index contributed by atoms with van der Waals surface area (Å²) < 4.78 is 0. The lowest BCUT2D eigenvalue weighted by atomic mass is 10.3. The summed E-state index contributed by atoms with van der Waals surface area (Å²) in [5, 5.41) is 20.6. The molecule has 0 unspecified atom stereocenters. The third kappa shape index (κ3) is 2.76. The van der Waals surface area contributed by atoms with Gasteiger partial charge in [-0.05, 0) is 12.1 Å². The Labute approximate surface area is 83.5 Å². The number of nitrogens with zero attached hydrogens (tertiary/aromatic N) is 1. The highest BCUT2D eigenvalue weighted by Crippen LogP contribution is 2.14. The van der Waals surface area contributed by atoms with Crippen LogP contribution < -0.4 is 5.32 Å². The van der Waals surface area contributed by atoms with Crippen molar-refractivity contribution in [3.8, 4) is 0 Å². The Morgan fingerprint density at radius 3 is 2.20 bits per heavy atom. The number of amides is 1. The van der Waals surface area contributed by atoms with E-state index in [-0.39, 0.29) is 11.4 Å². The molecule has 2 N–H and O–H groups in total. The fourth-order valence-electron chi connectivity index (χ4n) is 0.851. The molecule has 15 heavy (non-hydrogen) atoms. The standard InChI is InChI=1S/C8H6N2O5/c11-7(8(12)13)9-5-1-3-6(4-2-5)10(14)15/h1-4H,(H,9,11)(H,12,13). The fraction of sp³-hybridized carbons (Fsp3) is 0. The smallest absolute Gasteiger partial charge is 0.394 e. The Kier molecular flexibility index (Phi) is 2.97. The van der Waals surface area contributed by atoms with Gasteiger partial charge in [0.1, 0.15) is 0 Å². The van der Waals surface area contributed by atoms with Gasteiger partial charge in [-0.15, -0.1) is 0 Å². The number of nitro groups is 1. The molecule has 0 saturated heterocycles. The molecule has 0 aliphatic rings. The molecule has 0 bridgehead atoms. The number of carboxylic acid groups (broad SMARTS) is 1. The van der Waals surface area contributed by atoms with Gasteiger partial charge in [0.05, 0.1) is 4.92 Å². The summed E-state index contributed by atoms with van der Waals surface area (Å²) in [5.41, 5.74) is 0.0522. The van der Waals surface area contributed by atoms with Gasteiger partial charge in [0.2, 0.25) is 0 Å². The molecular weight excluding hydrogens is 204 g/mol. The number of benzene rings is 1. The van der Waals surface area contributed by atoms with Crippen molar-refractivity contribution in [3.63, 3.8) is 0 Å². The van der Waals surface area contributed by atoms with Gasteiger partial charge >= 0.3 is 11.9 Å². The largest absolute Gasteiger partial charge is 0.474 e. The van der Waals surface area contributed by atoms with Gasteiger partial charge < -0.3 is 10.4 Å². The molecule has 1 amide bonds. The molecule has 7 nitrogen and oxygen atoms in total. The number of anilines is 1. The summed E-state index contributed by atoms with van der Waals surface area (Å²) in [7, 11) is 0. The van der Waals surface area contributed by atoms with E-state index < -0.39 is 16.8 Å². The summed E-state index contributed by atoms with van der Waals surface area (Å²) in [4.78, 5) is 30.5. The predicted molar refractivity (Wildman–Crippen MR) is 49.4 cm³/mol. The highest BCUT2D eigenvalue weighted by Gasteiger charge is 2.11. The minimum absolute atomic E-state index is 0.136. The van der Waals surface area contributed by atoms with E-state index in [0.717, 1.165) is 12.1 Å². The van der Waals surface area contributed by atoms with Crippen LogP contribution in [0.5, 0.6) is 0 Å². The fourth-order valence-corrected chi connectivity index (χ4v) is 0.851. The van der Waals surface area contributed by atoms with E-state index in [1.165, 1.54) is 12.1 Å². The molecule has 0 aromatic heterocycles. The number of carbonyl (C=O) groups excluding carboxylic acids is 1. The van der Waals surface area contributed by atoms with E-state index in [1.54, 1.807) is 0 Å². The third-order valence-corrected chi connectivity index (χ3v) is 1.53. The summed E-state index contributed by atoms with van der Waals surface area (Å²) in [6, 6.07) is 4.83. The van der Waals surface area contributed by atoms with Crippen LogP contribution in [-0.4, -0.2) is 21.9 Å². The maximum Gasteiger partial charge on any atom is 0.394 e. The molecule has 0 aliphatic heterocycles. The second kappa shape index (κ2) is 4.18. The molecule has 1 aromatic carbocycles. The number of hydrogen-bond donors (Lipinski definition) is 2. The monoisotopic (exact) mass is 210 g/mol.